The first-order valence-corrected chi connectivity index (χ1v) is 9.47. The number of aliphatic hydroxyl groups is 1. The number of allylic oxidation sites excluding steroid dienone is 1. The van der Waals surface area contributed by atoms with E-state index in [9.17, 15) is 4.79 Å². The van der Waals surface area contributed by atoms with Gasteiger partial charge in [-0.05, 0) is 31.0 Å². The van der Waals surface area contributed by atoms with E-state index in [0.29, 0.717) is 41.6 Å². The first kappa shape index (κ1) is 18.8. The van der Waals surface area contributed by atoms with E-state index >= 15 is 0 Å². The van der Waals surface area contributed by atoms with Gasteiger partial charge in [0.05, 0.1) is 17.5 Å². The second-order valence-electron chi connectivity index (χ2n) is 6.80. The van der Waals surface area contributed by atoms with Crippen LogP contribution in [-0.4, -0.2) is 37.4 Å². The molecule has 1 aliphatic heterocycles. The number of hydrogen-bond acceptors (Lipinski definition) is 6. The van der Waals surface area contributed by atoms with Crippen LogP contribution in [0.1, 0.15) is 30.8 Å². The van der Waals surface area contributed by atoms with Gasteiger partial charge in [-0.3, -0.25) is 9.78 Å². The van der Waals surface area contributed by atoms with Gasteiger partial charge >= 0.3 is 0 Å². The fraction of sp³-hybridized carbons (Fsp3) is 0.238. The normalized spacial score (nSPS) is 15.6. The first-order valence-electron chi connectivity index (χ1n) is 9.47. The summed E-state index contributed by atoms with van der Waals surface area (Å²) < 4.78 is 1.74. The maximum absolute atomic E-state index is 13.2. The van der Waals surface area contributed by atoms with Crippen LogP contribution in [0.5, 0.6) is 0 Å². The van der Waals surface area contributed by atoms with E-state index in [-0.39, 0.29) is 12.5 Å². The molecular formula is C21H22N6O2. The molecule has 148 valence electrons. The molecule has 1 atom stereocenters. The summed E-state index contributed by atoms with van der Waals surface area (Å²) in [5.74, 6) is 0.987. The van der Waals surface area contributed by atoms with Gasteiger partial charge in [0.2, 0.25) is 5.95 Å². The summed E-state index contributed by atoms with van der Waals surface area (Å²) >= 11 is 0. The van der Waals surface area contributed by atoms with Crippen molar-refractivity contribution in [3.8, 4) is 0 Å². The Kier molecular flexibility index (Phi) is 5.35. The predicted octanol–water partition coefficient (Wildman–Crippen LogP) is 2.53. The molecule has 0 saturated heterocycles. The Morgan fingerprint density at radius 3 is 2.79 bits per heavy atom. The molecule has 8 heteroatoms. The van der Waals surface area contributed by atoms with Crippen molar-refractivity contribution in [2.75, 3.05) is 17.2 Å². The predicted molar refractivity (Wildman–Crippen MR) is 109 cm³/mol. The zero-order chi connectivity index (χ0) is 20.2. The van der Waals surface area contributed by atoms with Gasteiger partial charge in [-0.1, -0.05) is 30.3 Å². The summed E-state index contributed by atoms with van der Waals surface area (Å²) in [6.45, 7) is 1.94. The third-order valence-electron chi connectivity index (χ3n) is 4.73. The van der Waals surface area contributed by atoms with Gasteiger partial charge in [-0.15, -0.1) is 0 Å². The Bertz CT molecular complexity index is 1030. The summed E-state index contributed by atoms with van der Waals surface area (Å²) in [4.78, 5) is 21.8. The average Bonchev–Trinajstić information content (AvgIpc) is 3.14. The molecular weight excluding hydrogens is 368 g/mol. The Morgan fingerprint density at radius 2 is 2.07 bits per heavy atom. The molecule has 0 aliphatic carbocycles. The van der Waals surface area contributed by atoms with Crippen molar-refractivity contribution in [1.82, 2.24) is 19.7 Å². The number of carbonyl (C=O) groups is 1. The number of rotatable bonds is 6. The number of nitrogens with one attached hydrogen (secondary N) is 2. The second-order valence-corrected chi connectivity index (χ2v) is 6.80. The number of aromatic nitrogens is 4. The van der Waals surface area contributed by atoms with Crippen LogP contribution >= 0.6 is 0 Å². The van der Waals surface area contributed by atoms with Crippen molar-refractivity contribution >= 4 is 17.5 Å². The highest BCUT2D eigenvalue weighted by atomic mass is 16.3. The molecule has 3 heterocycles. The van der Waals surface area contributed by atoms with Crippen LogP contribution in [-0.2, 0) is 11.2 Å². The highest BCUT2D eigenvalue weighted by Crippen LogP contribution is 2.35. The van der Waals surface area contributed by atoms with Crippen molar-refractivity contribution < 1.29 is 9.90 Å². The fourth-order valence-corrected chi connectivity index (χ4v) is 3.41. The lowest BCUT2D eigenvalue weighted by atomic mass is 9.95. The summed E-state index contributed by atoms with van der Waals surface area (Å²) in [5.41, 5.74) is 2.84. The molecule has 0 spiro atoms. The number of benzene rings is 1. The third-order valence-corrected chi connectivity index (χ3v) is 4.73. The zero-order valence-electron chi connectivity index (χ0n) is 16.0. The smallest absolute Gasteiger partial charge is 0.255 e. The minimum atomic E-state index is -0.417. The van der Waals surface area contributed by atoms with E-state index in [1.54, 1.807) is 29.2 Å². The quantitative estimate of drug-likeness (QED) is 0.597. The van der Waals surface area contributed by atoms with Gasteiger partial charge in [0.15, 0.2) is 5.82 Å². The summed E-state index contributed by atoms with van der Waals surface area (Å²) in [7, 11) is 0. The Balaban J connectivity index is 1.74. The Labute approximate surface area is 168 Å². The topological polar surface area (TPSA) is 105 Å². The van der Waals surface area contributed by atoms with Gasteiger partial charge in [0.25, 0.3) is 5.91 Å². The van der Waals surface area contributed by atoms with Crippen LogP contribution in [0.2, 0.25) is 0 Å². The molecule has 0 bridgehead atoms. The number of carbonyl (C=O) groups excluding carboxylic acids is 1. The summed E-state index contributed by atoms with van der Waals surface area (Å²) in [6, 6.07) is 12.9. The van der Waals surface area contributed by atoms with E-state index in [0.717, 1.165) is 5.56 Å². The lowest BCUT2D eigenvalue weighted by Gasteiger charge is -2.28. The lowest BCUT2D eigenvalue weighted by Crippen LogP contribution is -2.31. The van der Waals surface area contributed by atoms with Gasteiger partial charge in [-0.2, -0.15) is 10.1 Å². The van der Waals surface area contributed by atoms with E-state index < -0.39 is 6.04 Å². The number of amides is 1. The standard InChI is InChI=1S/C21H22N6O2/c1-14-18(20(29)24-16-9-5-11-22-13-16)19(15-7-3-2-4-8-15)27-21(23-14)25-17(26-27)10-6-12-28/h2-5,7-9,11,13,19,28H,6,10,12H2,1H3,(H,24,29)(H,23,25,26). The maximum atomic E-state index is 13.2. The molecule has 29 heavy (non-hydrogen) atoms. The molecule has 0 radical (unpaired) electrons. The molecule has 0 saturated carbocycles. The molecule has 3 aromatic rings. The first-order chi connectivity index (χ1) is 14.2. The minimum Gasteiger partial charge on any atom is -0.396 e. The Morgan fingerprint density at radius 1 is 1.24 bits per heavy atom. The van der Waals surface area contributed by atoms with Gasteiger partial charge in [0, 0.05) is 24.9 Å². The SMILES string of the molecule is CC1=C(C(=O)Nc2cccnc2)C(c2ccccc2)n2nc(CCCO)nc2N1. The fourth-order valence-electron chi connectivity index (χ4n) is 3.41. The molecule has 1 amide bonds. The second kappa shape index (κ2) is 8.24. The van der Waals surface area contributed by atoms with E-state index in [2.05, 4.69) is 25.7 Å². The maximum Gasteiger partial charge on any atom is 0.255 e. The summed E-state index contributed by atoms with van der Waals surface area (Å²) in [5, 5.41) is 19.9. The molecule has 1 aromatic carbocycles. The number of fused-ring (bicyclic) bond motifs is 1. The third kappa shape index (κ3) is 3.88. The summed E-state index contributed by atoms with van der Waals surface area (Å²) in [6.07, 6.45) is 4.41. The van der Waals surface area contributed by atoms with Crippen LogP contribution in [0.4, 0.5) is 11.6 Å². The monoisotopic (exact) mass is 390 g/mol. The van der Waals surface area contributed by atoms with Crippen LogP contribution in [0, 0.1) is 0 Å². The number of hydrogen-bond donors (Lipinski definition) is 3. The van der Waals surface area contributed by atoms with E-state index in [1.807, 2.05) is 37.3 Å². The van der Waals surface area contributed by atoms with E-state index in [4.69, 9.17) is 5.11 Å². The van der Waals surface area contributed by atoms with Gasteiger partial charge < -0.3 is 15.7 Å². The molecule has 1 unspecified atom stereocenters. The highest BCUT2D eigenvalue weighted by Gasteiger charge is 2.34. The van der Waals surface area contributed by atoms with Crippen molar-refractivity contribution in [1.29, 1.82) is 0 Å². The van der Waals surface area contributed by atoms with Crippen LogP contribution in [0.15, 0.2) is 66.1 Å². The van der Waals surface area contributed by atoms with Crippen LogP contribution < -0.4 is 10.6 Å². The van der Waals surface area contributed by atoms with E-state index in [1.165, 1.54) is 0 Å². The molecule has 2 aromatic heterocycles. The molecule has 3 N–H and O–H groups in total. The number of anilines is 2. The molecule has 0 fully saturated rings. The van der Waals surface area contributed by atoms with Gasteiger partial charge in [0.1, 0.15) is 6.04 Å². The average molecular weight is 390 g/mol. The molecule has 4 rings (SSSR count). The van der Waals surface area contributed by atoms with Crippen molar-refractivity contribution in [2.24, 2.45) is 0 Å². The van der Waals surface area contributed by atoms with Crippen LogP contribution in [0.25, 0.3) is 0 Å². The number of pyridine rings is 1. The lowest BCUT2D eigenvalue weighted by molar-refractivity contribution is -0.113. The molecule has 8 nitrogen and oxygen atoms in total. The number of nitrogens with zero attached hydrogens (tertiary/aromatic N) is 4. The zero-order valence-corrected chi connectivity index (χ0v) is 16.0. The highest BCUT2D eigenvalue weighted by molar-refractivity contribution is 6.05. The van der Waals surface area contributed by atoms with Crippen molar-refractivity contribution in [3.05, 3.63) is 77.5 Å². The van der Waals surface area contributed by atoms with Crippen LogP contribution in [0.3, 0.4) is 0 Å². The number of aliphatic hydroxyl groups excluding tert-OH is 1. The molecule has 1 aliphatic rings. The van der Waals surface area contributed by atoms with Crippen molar-refractivity contribution in [3.63, 3.8) is 0 Å². The van der Waals surface area contributed by atoms with Gasteiger partial charge in [-0.25, -0.2) is 4.68 Å². The number of aryl methyl sites for hydroxylation is 1. The Hall–Kier alpha value is -3.52. The largest absolute Gasteiger partial charge is 0.396 e. The minimum absolute atomic E-state index is 0.0788. The van der Waals surface area contributed by atoms with Crippen molar-refractivity contribution in [2.45, 2.75) is 25.8 Å².